The first-order chi connectivity index (χ1) is 59.9. The molecule has 0 amide bonds. The Kier molecular flexibility index (Phi) is 28.4. The van der Waals surface area contributed by atoms with E-state index >= 15 is 0 Å². The van der Waals surface area contributed by atoms with Gasteiger partial charge in [0, 0.05) is 80.9 Å². The molecule has 9 aromatic rings. The van der Waals surface area contributed by atoms with Crippen molar-refractivity contribution in [1.29, 1.82) is 0 Å². The highest BCUT2D eigenvalue weighted by Crippen LogP contribution is 2.60. The number of nitrogen functional groups attached to an aromatic ring is 5. The Morgan fingerprint density at radius 1 is 0.417 bits per heavy atom. The highest BCUT2D eigenvalue weighted by Gasteiger charge is 2.51. The van der Waals surface area contributed by atoms with Crippen LogP contribution in [0.15, 0.2) is 72.7 Å². The minimum Gasteiger partial charge on any atom is -0.383 e. The first kappa shape index (κ1) is 95.2. The predicted octanol–water partition coefficient (Wildman–Crippen LogP) is 1.29. The third-order valence-electron chi connectivity index (χ3n) is 21.0. The van der Waals surface area contributed by atoms with E-state index in [4.69, 9.17) is 170 Å². The third-order valence-corrected chi connectivity index (χ3v) is 30.7. The molecule has 692 valence electrons. The Labute approximate surface area is 744 Å². The van der Waals surface area contributed by atoms with E-state index in [1.54, 1.807) is 20.8 Å². The van der Waals surface area contributed by atoms with Gasteiger partial charge in [-0.2, -0.15) is 19.9 Å². The van der Waals surface area contributed by atoms with Gasteiger partial charge < -0.3 is 127 Å². The zero-order valence-electron chi connectivity index (χ0n) is 66.6. The summed E-state index contributed by atoms with van der Waals surface area (Å²) in [6, 6.07) is 0. The average Bonchev–Trinajstić information content (AvgIpc) is 1.64. The molecule has 6 aliphatic heterocycles. The van der Waals surface area contributed by atoms with Crippen LogP contribution in [0, 0.1) is 20.8 Å². The lowest BCUT2D eigenvalue weighted by Crippen LogP contribution is -2.33. The van der Waals surface area contributed by atoms with E-state index in [0.717, 1.165) is 20.8 Å². The highest BCUT2D eigenvalue weighted by atomic mass is 32.7. The number of fused-ring (bicyclic) bond motifs is 3. The number of anilines is 5. The zero-order valence-corrected chi connectivity index (χ0v) is 77.0. The van der Waals surface area contributed by atoms with Gasteiger partial charge >= 0.3 is 57.5 Å². The van der Waals surface area contributed by atoms with Crippen LogP contribution in [-0.4, -0.2) is 225 Å². The Hall–Kier alpha value is -6.40. The van der Waals surface area contributed by atoms with Crippen LogP contribution in [-0.2, 0) is 146 Å². The van der Waals surface area contributed by atoms with E-state index in [1.807, 2.05) is 0 Å². The van der Waals surface area contributed by atoms with Crippen molar-refractivity contribution in [2.24, 2.45) is 0 Å². The van der Waals surface area contributed by atoms with Crippen LogP contribution in [0.25, 0.3) is 33.5 Å². The molecule has 15 rings (SSSR count). The Morgan fingerprint density at radius 2 is 0.748 bits per heavy atom. The number of aryl methyl sites for hydroxylation is 3. The fourth-order valence-electron chi connectivity index (χ4n) is 14.8. The molecule has 0 aromatic carbocycles. The van der Waals surface area contributed by atoms with E-state index in [1.165, 1.54) is 64.5 Å². The van der Waals surface area contributed by atoms with Gasteiger partial charge in [0.25, 0.3) is 16.7 Å². The number of aromatic nitrogens is 18. The lowest BCUT2D eigenvalue weighted by molar-refractivity contribution is -0.0569. The molecule has 127 heavy (non-hydrogen) atoms. The number of H-pyrrole nitrogens is 3. The van der Waals surface area contributed by atoms with Gasteiger partial charge in [-0.15, -0.1) is 0 Å². The van der Waals surface area contributed by atoms with Gasteiger partial charge in [0.05, 0.1) is 88.6 Å². The maximum absolute atomic E-state index is 14.6. The number of thiol groups is 1. The molecule has 18 N–H and O–H groups in total. The molecule has 6 aliphatic rings. The molecule has 6 saturated heterocycles. The van der Waals surface area contributed by atoms with Crippen molar-refractivity contribution in [2.75, 3.05) is 68.8 Å². The standard InChI is InChI=1S/C62H83N23O30P6S6/c1-6-28-29(7-44(104-28)84-23-71-47-53(84)75-58(66)77-56(47)87)111-117(93,123)99-17-38-33(10-42(107-38)82-15-27(4)55(86)79-62(82)91)114-119(95,125)102-19-36-31(8-40(105-36)80-13-25(2)49(63)73-60(80)89)112-118(94,124)101-18-37-32(9-41(106-37)81-14-26(3)50(64)74-61(81)90)113-120(96,126)103-20-39-34(12-45(109-39)85-24-72-48-54(85)76-59(67)78-57(48)88)115-121(97,127)100-16-35-30(110-116(92,122)98-5)11-43(108-35)83-22-70-46-51(65)68-21-69-52(46)83/h13-15,21-24,28-45H,6-12,16-20H2,1-5H3,(H,92,122)(H,93,123)(H,94,124)(H,95,125)(H,96,126)(H,97,127)(H2,63,73,89)(H2,64,74,90)(H2,65,68,69)(H,79,86,91)(H3,66,75,77,87)(H3,67,76,78,88)/t28-,29-,30-,31-,32-,33-,34-,35-,36-,37-,38-,39-,40-,41-,42-,43-,44-,45-,116?,117?,118?,119?,120?,121?/m1/s1. The lowest BCUT2D eigenvalue weighted by Gasteiger charge is -2.28. The summed E-state index contributed by atoms with van der Waals surface area (Å²) >= 11 is 32.0. The van der Waals surface area contributed by atoms with E-state index in [-0.39, 0.29) is 107 Å². The molecule has 53 nitrogen and oxygen atoms in total. The second-order valence-corrected chi connectivity index (χ2v) is 46.5. The molecule has 0 saturated carbocycles. The number of hydrogen-bond donors (Lipinski definition) is 14. The monoisotopic (exact) mass is 2010 g/mol. The summed E-state index contributed by atoms with van der Waals surface area (Å²) < 4.78 is 132. The minimum absolute atomic E-state index is 0.0112. The molecule has 15 heterocycles. The minimum atomic E-state index is -4.70. The van der Waals surface area contributed by atoms with Crippen LogP contribution >= 0.6 is 52.6 Å². The summed E-state index contributed by atoms with van der Waals surface area (Å²) in [4.78, 5) is 182. The first-order valence-corrected chi connectivity index (χ1v) is 53.7. The van der Waals surface area contributed by atoms with Crippen molar-refractivity contribution in [3.05, 3.63) is 123 Å². The van der Waals surface area contributed by atoms with Crippen molar-refractivity contribution >= 4 is 175 Å². The number of ether oxygens (including phenoxy) is 6. The third kappa shape index (κ3) is 21.8. The molecular weight excluding hydrogens is 1930 g/mol. The number of rotatable bonds is 35. The molecule has 9 aromatic heterocycles. The zero-order chi connectivity index (χ0) is 91.1. The summed E-state index contributed by atoms with van der Waals surface area (Å²) in [7, 11) is 1.14. The van der Waals surface area contributed by atoms with Crippen LogP contribution in [0.2, 0.25) is 0 Å². The van der Waals surface area contributed by atoms with Crippen molar-refractivity contribution in [1.82, 2.24) is 87.2 Å². The van der Waals surface area contributed by atoms with Gasteiger partial charge in [0.15, 0.2) is 33.8 Å². The molecule has 0 aliphatic carbocycles. The summed E-state index contributed by atoms with van der Waals surface area (Å²) in [6.07, 6.45) is -13.9. The first-order valence-electron chi connectivity index (χ1n) is 38.1. The van der Waals surface area contributed by atoms with Crippen molar-refractivity contribution in [2.45, 2.75) is 183 Å². The molecule has 0 bridgehead atoms. The number of aromatic amines is 3. The van der Waals surface area contributed by atoms with E-state index < -0.39 is 218 Å². The smallest absolute Gasteiger partial charge is 0.383 e. The van der Waals surface area contributed by atoms with Crippen molar-refractivity contribution < 1.29 is 112 Å². The van der Waals surface area contributed by atoms with Crippen molar-refractivity contribution in [3.8, 4) is 0 Å². The normalized spacial score (nSPS) is 29.2. The fraction of sp³-hybridized carbons (Fsp3) is 0.565. The molecule has 0 spiro atoms. The molecule has 65 heteroatoms. The second-order valence-electron chi connectivity index (χ2n) is 29.5. The number of hydrogen-bond acceptors (Lipinski definition) is 44. The Bertz CT molecular complexity index is 6390. The quantitative estimate of drug-likeness (QED) is 0.0197. The summed E-state index contributed by atoms with van der Waals surface area (Å²) in [5.74, 6) is -0.601. The summed E-state index contributed by atoms with van der Waals surface area (Å²) in [5, 5.41) is 0. The van der Waals surface area contributed by atoms with Crippen LogP contribution < -0.4 is 62.4 Å². The van der Waals surface area contributed by atoms with Gasteiger partial charge in [-0.05, 0) is 86.2 Å². The molecule has 6 fully saturated rings. The number of nitrogens with two attached hydrogens (primary N) is 5. The van der Waals surface area contributed by atoms with E-state index in [0.29, 0.717) is 17.5 Å². The van der Waals surface area contributed by atoms with Gasteiger partial charge in [-0.25, -0.2) is 43.9 Å². The Balaban J connectivity index is 0.636. The van der Waals surface area contributed by atoms with Crippen molar-refractivity contribution in [3.63, 3.8) is 0 Å². The SMILES string of the molecule is CC[C@H]1O[C@@H](n2cnc3c(=O)[nH]c(N)nc32)C[C@H]1OP(O)(=S)OC[C@H]1O[C@@H](n2cc(C)c(=O)[nH]c2=O)C[C@H]1OP(O)(=S)OC[C@H]1O[C@@H](n2cc(C)c(N)nc2=O)C[C@H]1OP(O)(=S)OC[C@H]1O[C@@H](n2cc(C)c(N)nc2=O)C[C@H]1OP(O)(=S)OC[C@H]1O[C@@H](n2cnc3c(=O)[nH]c(N)nc32)C[C@H]1OP(=O)(S)OC[C@H]1O[C@@H](n2cnc3c(N)ncnc32)C[C@H]1OP(O)(=S)OC. The predicted molar refractivity (Wildman–Crippen MR) is 463 cm³/mol. The van der Waals surface area contributed by atoms with E-state index in [9.17, 15) is 57.8 Å². The fourth-order valence-corrected chi connectivity index (χ4v) is 23.2. The summed E-state index contributed by atoms with van der Waals surface area (Å²) in [5.41, 5.74) is 26.4. The summed E-state index contributed by atoms with van der Waals surface area (Å²) in [6.45, 7) is -24.1. The van der Waals surface area contributed by atoms with Crippen LogP contribution in [0.1, 0.15) is 106 Å². The molecule has 24 atom stereocenters. The number of imidazole rings is 3. The van der Waals surface area contributed by atoms with Gasteiger partial charge in [-0.3, -0.25) is 65.8 Å². The van der Waals surface area contributed by atoms with Crippen LogP contribution in [0.5, 0.6) is 0 Å². The topological polar surface area (TPSA) is 710 Å². The van der Waals surface area contributed by atoms with Gasteiger partial charge in [-0.1, -0.05) is 19.2 Å². The van der Waals surface area contributed by atoms with Gasteiger partial charge in [0.1, 0.15) is 97.5 Å². The average molecular weight is 2010 g/mol. The van der Waals surface area contributed by atoms with Gasteiger partial charge in [0.2, 0.25) is 11.9 Å². The van der Waals surface area contributed by atoms with Crippen LogP contribution in [0.3, 0.4) is 0 Å². The Morgan fingerprint density at radius 3 is 1.14 bits per heavy atom. The highest BCUT2D eigenvalue weighted by molar-refractivity contribution is 8.44. The largest absolute Gasteiger partial charge is 0.386 e. The number of nitrogens with one attached hydrogen (secondary N) is 3. The maximum Gasteiger partial charge on any atom is 0.386 e. The maximum atomic E-state index is 14.6. The molecule has 0 radical (unpaired) electrons. The number of nitrogens with zero attached hydrogens (tertiary/aromatic N) is 15. The lowest BCUT2D eigenvalue weighted by atomic mass is 10.1. The van der Waals surface area contributed by atoms with Crippen LogP contribution in [0.4, 0.5) is 29.4 Å². The molecule has 6 unspecified atom stereocenters. The molecular formula is C62H83N23O30P6S6. The second kappa shape index (κ2) is 37.9. The van der Waals surface area contributed by atoms with E-state index in [2.05, 4.69) is 72.1 Å².